The van der Waals surface area contributed by atoms with Gasteiger partial charge in [0, 0.05) is 90.7 Å². The number of unbranched alkanes of at least 4 members (excludes halogenated alkanes) is 1. The number of hydrogen-bond acceptors (Lipinski definition) is 16. The van der Waals surface area contributed by atoms with Crippen molar-refractivity contribution in [3.63, 3.8) is 0 Å². The number of carbonyl (C=O) groups is 11. The lowest BCUT2D eigenvalue weighted by Crippen LogP contribution is -2.60. The number of carboxylic acid groups (broad SMARTS) is 1. The quantitative estimate of drug-likeness (QED) is 0.0666. The van der Waals surface area contributed by atoms with E-state index in [1.54, 1.807) is 0 Å². The third kappa shape index (κ3) is 21.6. The molecule has 2 saturated carbocycles. The van der Waals surface area contributed by atoms with Gasteiger partial charge in [-0.15, -0.1) is 0 Å². The van der Waals surface area contributed by atoms with E-state index in [2.05, 4.69) is 52.2 Å². The minimum atomic E-state index is -1.97. The molecule has 1 saturated heterocycles. The minimum absolute atomic E-state index is 0.0325. The zero-order valence-electron chi connectivity index (χ0n) is 55.5. The number of benzene rings is 3. The van der Waals surface area contributed by atoms with Crippen LogP contribution in [0.5, 0.6) is 5.75 Å². The summed E-state index contributed by atoms with van der Waals surface area (Å²) in [5.41, 5.74) is 15.2. The number of halogens is 2. The summed E-state index contributed by atoms with van der Waals surface area (Å²) < 4.78 is 30.1. The van der Waals surface area contributed by atoms with Gasteiger partial charge in [0.2, 0.25) is 53.2 Å². The van der Waals surface area contributed by atoms with Gasteiger partial charge in [0.05, 0.1) is 31.3 Å². The zero-order chi connectivity index (χ0) is 71.4. The molecule has 5 aromatic rings. The molecule has 4 unspecified atom stereocenters. The summed E-state index contributed by atoms with van der Waals surface area (Å²) in [6, 6.07) is 7.18. The predicted octanol–water partition coefficient (Wildman–Crippen LogP) is 3.57. The number of H-pyrrole nitrogens is 2. The summed E-state index contributed by atoms with van der Waals surface area (Å²) in [7, 11) is 0. The first-order valence-corrected chi connectivity index (χ1v) is 36.4. The van der Waals surface area contributed by atoms with Crippen molar-refractivity contribution in [1.82, 2.24) is 57.1 Å². The Morgan fingerprint density at radius 3 is 2.13 bits per heavy atom. The molecule has 0 spiro atoms. The summed E-state index contributed by atoms with van der Waals surface area (Å²) in [6.45, 7) is -0.298. The fraction of sp³-hybridized carbons (Fsp3) is 0.514. The third-order valence-electron chi connectivity index (χ3n) is 19.2. The highest BCUT2D eigenvalue weighted by molar-refractivity contribution is 7.98. The average Bonchev–Trinajstić information content (AvgIpc) is 1.64. The average molecular weight is 1420 g/mol. The van der Waals surface area contributed by atoms with Crippen molar-refractivity contribution in [3.8, 4) is 5.75 Å². The highest BCUT2D eigenvalue weighted by atomic mass is 32.2. The summed E-state index contributed by atoms with van der Waals surface area (Å²) in [6.07, 6.45) is 4.85. The number of imidazole rings is 1. The lowest BCUT2D eigenvalue weighted by molar-refractivity contribution is -0.142. The molecule has 26 nitrogen and oxygen atoms in total. The van der Waals surface area contributed by atoms with Gasteiger partial charge in [0.25, 0.3) is 0 Å². The number of hydrogen-bond donors (Lipinski definition) is 13. The van der Waals surface area contributed by atoms with Crippen LogP contribution in [0.2, 0.25) is 0 Å². The third-order valence-corrected chi connectivity index (χ3v) is 21.4. The number of carbonyl (C=O) groups excluding carboxylic acids is 10. The molecule has 2 aromatic heterocycles. The molecule has 9 amide bonds. The minimum Gasteiger partial charge on any atom is -0.508 e. The second-order valence-corrected chi connectivity index (χ2v) is 28.6. The number of amides is 9. The van der Waals surface area contributed by atoms with Crippen molar-refractivity contribution < 1.29 is 71.7 Å². The van der Waals surface area contributed by atoms with Crippen LogP contribution >= 0.6 is 23.5 Å². The Labute approximate surface area is 585 Å². The number of aromatic nitrogens is 3. The number of rotatable bonds is 15. The van der Waals surface area contributed by atoms with Crippen LogP contribution in [0.15, 0.2) is 85.5 Å². The van der Waals surface area contributed by atoms with Gasteiger partial charge in [-0.05, 0) is 148 Å². The Morgan fingerprint density at radius 2 is 1.40 bits per heavy atom. The second-order valence-electron chi connectivity index (χ2n) is 26.4. The Hall–Kier alpha value is -8.90. The van der Waals surface area contributed by atoms with Crippen molar-refractivity contribution in [2.24, 2.45) is 35.1 Å². The molecule has 2 aliphatic carbocycles. The standard InChI is InChI=1S/C70H89F2N13O13S2/c71-46-14-13-42-11-12-43(50(42)28-46)25-55-67(95)83-57(31-63(90)91)69(97)82-56(30-48-33-75-38-78-48)68(96)84-58(24-39-9-16-49(86)17-10-39)70(98)85-21-4-8-59(85)60(87)27-45(64(74)92)37-100-36-41-6-3-5-40(23-41)35-99-22-19-61(88)79-53(7-1-2-20-73)65(93)77-34-62(89)80-54(66(94)81-55)26-44-32-76-52-18-15-47(72)29-51(44)52/h3,5-6,9-10,15-18,23,29,32-33,38,42-43,45-46,50,53-59,76,86H,1-2,4,7-8,11-14,19-22,24-28,30-31,34-37,73H2,(H2,74,92)(H,75,78)(H,77,93)(H,79,88)(H,80,89)(H,81,94)(H,82,97)(H,83,95)(H,84,96)(H,90,91)/t42?,43?,45-,46?,50?,53-,54-,55-,56-,57-,58-,59+/m0/s1. The van der Waals surface area contributed by atoms with Gasteiger partial charge in [-0.1, -0.05) is 36.4 Å². The number of phenolic OH excluding ortho intramolecular Hbond substituents is 1. The molecule has 2 aliphatic heterocycles. The summed E-state index contributed by atoms with van der Waals surface area (Å²) >= 11 is 2.88. The number of Topliss-reactive ketones (excluding diaryl/α,β-unsaturated/α-hetero) is 1. The van der Waals surface area contributed by atoms with E-state index in [-0.39, 0.29) is 93.6 Å². The van der Waals surface area contributed by atoms with E-state index in [0.29, 0.717) is 96.5 Å². The number of aromatic hydroxyl groups is 1. The first kappa shape index (κ1) is 75.3. The van der Waals surface area contributed by atoms with E-state index >= 15 is 18.8 Å². The molecule has 30 heteroatoms. The van der Waals surface area contributed by atoms with Crippen LogP contribution in [0, 0.1) is 29.5 Å². The molecular formula is C70H89F2N13O13S2. The van der Waals surface area contributed by atoms with E-state index in [1.807, 2.05) is 24.3 Å². The number of aliphatic carboxylic acids is 1. The van der Waals surface area contributed by atoms with E-state index in [0.717, 1.165) is 11.1 Å². The van der Waals surface area contributed by atoms with Crippen LogP contribution in [0.3, 0.4) is 0 Å². The molecule has 15 N–H and O–H groups in total. The number of thioether (sulfide) groups is 2. The predicted molar refractivity (Wildman–Crippen MR) is 369 cm³/mol. The van der Waals surface area contributed by atoms with Gasteiger partial charge in [-0.2, -0.15) is 23.5 Å². The Morgan fingerprint density at radius 1 is 0.710 bits per heavy atom. The maximum absolute atomic E-state index is 15.3. The topological polar surface area (TPSA) is 412 Å². The molecule has 0 radical (unpaired) electrons. The molecular weight excluding hydrogens is 1330 g/mol. The highest BCUT2D eigenvalue weighted by Gasteiger charge is 2.44. The smallest absolute Gasteiger partial charge is 0.305 e. The maximum atomic E-state index is 15.3. The number of ketones is 1. The van der Waals surface area contributed by atoms with E-state index in [1.165, 1.54) is 89.6 Å². The number of carboxylic acids is 1. The van der Waals surface area contributed by atoms with Gasteiger partial charge >= 0.3 is 5.97 Å². The normalized spacial score (nSPS) is 26.6. The fourth-order valence-corrected chi connectivity index (χ4v) is 16.0. The number of primary amides is 1. The van der Waals surface area contributed by atoms with Crippen LogP contribution in [0.25, 0.3) is 10.9 Å². The van der Waals surface area contributed by atoms with Gasteiger partial charge < -0.3 is 73.8 Å². The number of fused-ring (bicyclic) bond motifs is 5. The lowest BCUT2D eigenvalue weighted by Gasteiger charge is -2.33. The van der Waals surface area contributed by atoms with Crippen LogP contribution in [-0.2, 0) is 83.5 Å². The van der Waals surface area contributed by atoms with Crippen LogP contribution in [0.1, 0.15) is 118 Å². The molecule has 4 aliphatic rings. The number of phenols is 1. The van der Waals surface area contributed by atoms with Crippen LogP contribution < -0.4 is 48.7 Å². The molecule has 3 aromatic carbocycles. The van der Waals surface area contributed by atoms with Crippen molar-refractivity contribution >= 4 is 99.3 Å². The Balaban J connectivity index is 1.04. The van der Waals surface area contributed by atoms with Crippen molar-refractivity contribution in [3.05, 3.63) is 119 Å². The summed E-state index contributed by atoms with van der Waals surface area (Å²) in [4.78, 5) is 168. The zero-order valence-corrected chi connectivity index (χ0v) is 57.1. The van der Waals surface area contributed by atoms with Gasteiger partial charge in [0.15, 0.2) is 5.78 Å². The van der Waals surface area contributed by atoms with E-state index < -0.39 is 138 Å². The number of nitrogens with one attached hydrogen (secondary N) is 9. The molecule has 12 atom stereocenters. The molecule has 3 fully saturated rings. The van der Waals surface area contributed by atoms with E-state index in [9.17, 15) is 53.0 Å². The maximum Gasteiger partial charge on any atom is 0.305 e. The highest BCUT2D eigenvalue weighted by Crippen LogP contribution is 2.48. The Bertz CT molecular complexity index is 3720. The van der Waals surface area contributed by atoms with Crippen molar-refractivity contribution in [1.29, 1.82) is 0 Å². The monoisotopic (exact) mass is 1420 g/mol. The first-order chi connectivity index (χ1) is 48.1. The van der Waals surface area contributed by atoms with Crippen LogP contribution in [-0.4, -0.2) is 175 Å². The molecule has 100 heavy (non-hydrogen) atoms. The lowest BCUT2D eigenvalue weighted by atomic mass is 9.75. The largest absolute Gasteiger partial charge is 0.508 e. The summed E-state index contributed by atoms with van der Waals surface area (Å²) in [5.74, 6) is -10.2. The first-order valence-electron chi connectivity index (χ1n) is 34.1. The van der Waals surface area contributed by atoms with E-state index in [4.69, 9.17) is 11.5 Å². The summed E-state index contributed by atoms with van der Waals surface area (Å²) in [5, 5.41) is 39.5. The van der Waals surface area contributed by atoms with Gasteiger partial charge in [-0.25, -0.2) is 13.8 Å². The SMILES string of the molecule is NCCCC[C@@H]1NC(=O)CCSCc2cccc(c2)CSC[C@@H](C(N)=O)CC(=O)[C@H]2CCCN2C(=O)[C@H](Cc2ccc(O)cc2)NC(=O)[C@H](Cc2cnc[nH]2)NC(=O)[C@H](CC(=O)O)NC(=O)[C@H](CC2CCC3CCC(F)CC32)NC(=O)[C@H](Cc2c[nH]c3ccc(F)cc23)NC(=O)CNC1=O. The van der Waals surface area contributed by atoms with Crippen LogP contribution in [0.4, 0.5) is 8.78 Å². The second kappa shape index (κ2) is 36.4. The van der Waals surface area contributed by atoms with Crippen molar-refractivity contribution in [2.75, 3.05) is 31.1 Å². The number of aromatic amines is 2. The fourth-order valence-electron chi connectivity index (χ4n) is 14.0. The van der Waals surface area contributed by atoms with Gasteiger partial charge in [0.1, 0.15) is 54.0 Å². The molecule has 4 heterocycles. The van der Waals surface area contributed by atoms with Crippen molar-refractivity contribution in [2.45, 2.75) is 169 Å². The number of nitrogens with zero attached hydrogens (tertiary/aromatic N) is 2. The van der Waals surface area contributed by atoms with Gasteiger partial charge in [-0.3, -0.25) is 52.7 Å². The Kier molecular flexibility index (Phi) is 27.4. The molecule has 9 rings (SSSR count). The number of nitrogens with two attached hydrogens (primary N) is 2. The molecule has 2 bridgehead atoms. The number of alkyl halides is 1. The molecule has 538 valence electrons.